The third kappa shape index (κ3) is 2.34. The summed E-state index contributed by atoms with van der Waals surface area (Å²) in [6.45, 7) is 0. The number of nitrogens with two attached hydrogens (primary N) is 1. The van der Waals surface area contributed by atoms with E-state index >= 15 is 0 Å². The molecule has 5 nitrogen and oxygen atoms in total. The summed E-state index contributed by atoms with van der Waals surface area (Å²) in [4.78, 5) is 22.4. The second-order valence-corrected chi connectivity index (χ2v) is 5.93. The number of carboxylic acids is 1. The van der Waals surface area contributed by atoms with Gasteiger partial charge in [0, 0.05) is 11.6 Å². The quantitative estimate of drug-likeness (QED) is 0.789. The van der Waals surface area contributed by atoms with Crippen LogP contribution in [0.15, 0.2) is 18.2 Å². The van der Waals surface area contributed by atoms with Gasteiger partial charge in [0.15, 0.2) is 0 Å². The first kappa shape index (κ1) is 13.9. The van der Waals surface area contributed by atoms with Crippen LogP contribution in [0.25, 0.3) is 0 Å². The number of benzene rings is 1. The van der Waals surface area contributed by atoms with E-state index in [0.29, 0.717) is 0 Å². The number of nitrogens with one attached hydrogen (secondary N) is 1. The highest BCUT2D eigenvalue weighted by Gasteiger charge is 2.51. The molecule has 0 heterocycles. The molecule has 3 rings (SSSR count). The molecule has 4 unspecified atom stereocenters. The van der Waals surface area contributed by atoms with Crippen molar-refractivity contribution in [3.8, 4) is 0 Å². The molecule has 0 spiro atoms. The van der Waals surface area contributed by atoms with Gasteiger partial charge < -0.3 is 16.2 Å². The number of amides is 1. The van der Waals surface area contributed by atoms with Crippen LogP contribution in [-0.2, 0) is 4.79 Å². The van der Waals surface area contributed by atoms with E-state index in [-0.39, 0.29) is 29.1 Å². The van der Waals surface area contributed by atoms with E-state index in [2.05, 4.69) is 5.32 Å². The summed E-state index contributed by atoms with van der Waals surface area (Å²) in [5, 5.41) is 12.4. The Balaban J connectivity index is 1.83. The molecule has 0 radical (unpaired) electrons. The van der Waals surface area contributed by atoms with Gasteiger partial charge in [-0.25, -0.2) is 4.39 Å². The second-order valence-electron chi connectivity index (χ2n) is 5.93. The van der Waals surface area contributed by atoms with E-state index in [4.69, 9.17) is 5.73 Å². The topological polar surface area (TPSA) is 92.4 Å². The zero-order valence-electron chi connectivity index (χ0n) is 11.4. The van der Waals surface area contributed by atoms with Crippen molar-refractivity contribution in [1.82, 2.24) is 0 Å². The fraction of sp³-hybridized carbons (Fsp3) is 0.467. The molecule has 1 amide bonds. The van der Waals surface area contributed by atoms with Gasteiger partial charge >= 0.3 is 5.97 Å². The molecule has 1 aromatic carbocycles. The second kappa shape index (κ2) is 5.02. The third-order valence-corrected chi connectivity index (χ3v) is 4.78. The lowest BCUT2D eigenvalue weighted by atomic mass is 9.84. The van der Waals surface area contributed by atoms with Crippen molar-refractivity contribution in [3.05, 3.63) is 29.6 Å². The van der Waals surface area contributed by atoms with E-state index in [1.807, 2.05) is 0 Å². The molecule has 4 atom stereocenters. The van der Waals surface area contributed by atoms with Gasteiger partial charge in [-0.05, 0) is 49.3 Å². The summed E-state index contributed by atoms with van der Waals surface area (Å²) in [6, 6.07) is 3.71. The Morgan fingerprint density at radius 1 is 1.29 bits per heavy atom. The molecule has 2 aliphatic rings. The van der Waals surface area contributed by atoms with E-state index in [1.54, 1.807) is 0 Å². The van der Waals surface area contributed by atoms with Gasteiger partial charge in [0.05, 0.1) is 11.6 Å². The van der Waals surface area contributed by atoms with E-state index < -0.39 is 23.6 Å². The van der Waals surface area contributed by atoms with Crippen LogP contribution in [-0.4, -0.2) is 23.0 Å². The van der Waals surface area contributed by atoms with E-state index in [9.17, 15) is 19.1 Å². The van der Waals surface area contributed by atoms with Gasteiger partial charge in [-0.3, -0.25) is 9.59 Å². The van der Waals surface area contributed by atoms with Crippen LogP contribution in [0, 0.1) is 23.6 Å². The van der Waals surface area contributed by atoms with Crippen molar-refractivity contribution in [3.63, 3.8) is 0 Å². The van der Waals surface area contributed by atoms with Gasteiger partial charge in [-0.2, -0.15) is 0 Å². The number of carbonyl (C=O) groups excluding carboxylic acids is 1. The van der Waals surface area contributed by atoms with Crippen LogP contribution in [0.5, 0.6) is 0 Å². The molecule has 0 saturated heterocycles. The fourth-order valence-corrected chi connectivity index (χ4v) is 3.82. The highest BCUT2D eigenvalue weighted by molar-refractivity contribution is 5.93. The van der Waals surface area contributed by atoms with Gasteiger partial charge in [0.1, 0.15) is 5.82 Å². The number of hydrogen-bond acceptors (Lipinski definition) is 3. The number of anilines is 1. The number of halogens is 1. The summed E-state index contributed by atoms with van der Waals surface area (Å²) in [5.74, 6) is -2.13. The standard InChI is InChI=1S/C15H17FN2O3/c16-10-6-9(14(17)19)3-4-11(10)18-13-8-2-1-7(5-8)12(13)15(20)21/h3-4,6-8,12-13,18H,1-2,5H2,(H2,17,19)(H,20,21). The molecule has 2 aliphatic carbocycles. The average Bonchev–Trinajstić information content (AvgIpc) is 3.01. The van der Waals surface area contributed by atoms with Crippen LogP contribution >= 0.6 is 0 Å². The first-order valence-electron chi connectivity index (χ1n) is 7.06. The maximum absolute atomic E-state index is 14.0. The molecule has 21 heavy (non-hydrogen) atoms. The van der Waals surface area contributed by atoms with Crippen molar-refractivity contribution in [1.29, 1.82) is 0 Å². The molecule has 1 aromatic rings. The van der Waals surface area contributed by atoms with Crippen molar-refractivity contribution >= 4 is 17.6 Å². The number of aliphatic carboxylic acids is 1. The Bertz CT molecular complexity index is 605. The number of hydrogen-bond donors (Lipinski definition) is 3. The highest BCUT2D eigenvalue weighted by atomic mass is 19.1. The number of carboxylic acid groups (broad SMARTS) is 1. The van der Waals surface area contributed by atoms with Crippen LogP contribution in [0.3, 0.4) is 0 Å². The summed E-state index contributed by atoms with van der Waals surface area (Å²) < 4.78 is 14.0. The van der Waals surface area contributed by atoms with E-state index in [1.165, 1.54) is 12.1 Å². The van der Waals surface area contributed by atoms with Crippen LogP contribution in [0.1, 0.15) is 29.6 Å². The molecule has 2 bridgehead atoms. The minimum atomic E-state index is -0.825. The lowest BCUT2D eigenvalue weighted by molar-refractivity contribution is -0.143. The van der Waals surface area contributed by atoms with Crippen molar-refractivity contribution in [2.24, 2.45) is 23.5 Å². The number of carbonyl (C=O) groups is 2. The van der Waals surface area contributed by atoms with Gasteiger partial charge in [0.25, 0.3) is 0 Å². The predicted molar refractivity (Wildman–Crippen MR) is 74.3 cm³/mol. The largest absolute Gasteiger partial charge is 0.481 e. The maximum atomic E-state index is 14.0. The number of rotatable bonds is 4. The lowest BCUT2D eigenvalue weighted by Crippen LogP contribution is -2.39. The Morgan fingerprint density at radius 3 is 2.62 bits per heavy atom. The van der Waals surface area contributed by atoms with Gasteiger partial charge in [-0.15, -0.1) is 0 Å². The average molecular weight is 292 g/mol. The van der Waals surface area contributed by atoms with Crippen LogP contribution in [0.2, 0.25) is 0 Å². The molecule has 6 heteroatoms. The smallest absolute Gasteiger partial charge is 0.308 e. The minimum Gasteiger partial charge on any atom is -0.481 e. The maximum Gasteiger partial charge on any atom is 0.308 e. The zero-order chi connectivity index (χ0) is 15.1. The summed E-state index contributed by atoms with van der Waals surface area (Å²) in [6.07, 6.45) is 2.80. The summed E-state index contributed by atoms with van der Waals surface area (Å²) in [7, 11) is 0. The van der Waals surface area contributed by atoms with E-state index in [0.717, 1.165) is 25.3 Å². The summed E-state index contributed by atoms with van der Waals surface area (Å²) >= 11 is 0. The molecule has 0 aromatic heterocycles. The molecular weight excluding hydrogens is 275 g/mol. The first-order chi connectivity index (χ1) is 9.97. The summed E-state index contributed by atoms with van der Waals surface area (Å²) in [5.41, 5.74) is 5.43. The van der Waals surface area contributed by atoms with Crippen LogP contribution in [0.4, 0.5) is 10.1 Å². The number of primary amides is 1. The normalized spacial score (nSPS) is 30.3. The molecular formula is C15H17FN2O3. The molecule has 112 valence electrons. The van der Waals surface area contributed by atoms with Gasteiger partial charge in [0.2, 0.25) is 5.91 Å². The molecule has 2 fully saturated rings. The highest BCUT2D eigenvalue weighted by Crippen LogP contribution is 2.49. The SMILES string of the molecule is NC(=O)c1ccc(NC2C3CCC(C3)C2C(=O)O)c(F)c1. The predicted octanol–water partition coefficient (Wildman–Crippen LogP) is 1.84. The lowest BCUT2D eigenvalue weighted by Gasteiger charge is -2.29. The Hall–Kier alpha value is -2.11. The fourth-order valence-electron chi connectivity index (χ4n) is 3.82. The Kier molecular flexibility index (Phi) is 3.31. The Labute approximate surface area is 121 Å². The monoisotopic (exact) mass is 292 g/mol. The van der Waals surface area contributed by atoms with Crippen molar-refractivity contribution in [2.75, 3.05) is 5.32 Å². The number of fused-ring (bicyclic) bond motifs is 2. The first-order valence-corrected chi connectivity index (χ1v) is 7.06. The zero-order valence-corrected chi connectivity index (χ0v) is 11.4. The van der Waals surface area contributed by atoms with Crippen molar-refractivity contribution in [2.45, 2.75) is 25.3 Å². The van der Waals surface area contributed by atoms with Gasteiger partial charge in [-0.1, -0.05) is 0 Å². The van der Waals surface area contributed by atoms with Crippen molar-refractivity contribution < 1.29 is 19.1 Å². The molecule has 4 N–H and O–H groups in total. The minimum absolute atomic E-state index is 0.0979. The molecule has 2 saturated carbocycles. The third-order valence-electron chi connectivity index (χ3n) is 4.78. The molecule has 0 aliphatic heterocycles. The van der Waals surface area contributed by atoms with Crippen LogP contribution < -0.4 is 11.1 Å². The Morgan fingerprint density at radius 2 is 2.00 bits per heavy atom.